The van der Waals surface area contributed by atoms with Crippen LogP contribution in [-0.4, -0.2) is 36.1 Å². The number of likely N-dealkylation sites (tertiary alicyclic amines) is 1. The van der Waals surface area contributed by atoms with Crippen molar-refractivity contribution in [1.29, 1.82) is 0 Å². The highest BCUT2D eigenvalue weighted by molar-refractivity contribution is 4.98. The van der Waals surface area contributed by atoms with Crippen molar-refractivity contribution < 1.29 is 0 Å². The van der Waals surface area contributed by atoms with Gasteiger partial charge in [-0.25, -0.2) is 0 Å². The molecule has 0 aromatic heterocycles. The highest BCUT2D eigenvalue weighted by atomic mass is 15.2. The molecule has 2 nitrogen and oxygen atoms in total. The molecule has 3 rings (SSSR count). The molecular formula is C19H36N2. The normalized spacial score (nSPS) is 33.1. The van der Waals surface area contributed by atoms with Crippen LogP contribution in [-0.2, 0) is 0 Å². The zero-order chi connectivity index (χ0) is 14.8. The Balaban J connectivity index is 1.59. The first-order chi connectivity index (χ1) is 10.1. The van der Waals surface area contributed by atoms with Crippen LogP contribution in [0.15, 0.2) is 0 Å². The third kappa shape index (κ3) is 3.82. The Labute approximate surface area is 132 Å². The predicted octanol–water partition coefficient (Wildman–Crippen LogP) is 4.34. The highest BCUT2D eigenvalue weighted by Gasteiger charge is 2.39. The van der Waals surface area contributed by atoms with Gasteiger partial charge in [-0.1, -0.05) is 39.5 Å². The van der Waals surface area contributed by atoms with Gasteiger partial charge in [-0.3, -0.25) is 4.90 Å². The van der Waals surface area contributed by atoms with Crippen molar-refractivity contribution in [1.82, 2.24) is 10.2 Å². The van der Waals surface area contributed by atoms with Crippen LogP contribution in [0.4, 0.5) is 0 Å². The molecule has 1 saturated heterocycles. The zero-order valence-electron chi connectivity index (χ0n) is 14.4. The van der Waals surface area contributed by atoms with E-state index in [0.29, 0.717) is 11.0 Å². The van der Waals surface area contributed by atoms with Gasteiger partial charge in [0, 0.05) is 18.1 Å². The summed E-state index contributed by atoms with van der Waals surface area (Å²) >= 11 is 0. The minimum absolute atomic E-state index is 0.505. The Morgan fingerprint density at radius 3 is 2.19 bits per heavy atom. The van der Waals surface area contributed by atoms with Gasteiger partial charge in [-0.2, -0.15) is 0 Å². The summed E-state index contributed by atoms with van der Waals surface area (Å²) < 4.78 is 0. The molecule has 2 heteroatoms. The Hall–Kier alpha value is -0.0800. The topological polar surface area (TPSA) is 15.3 Å². The van der Waals surface area contributed by atoms with Gasteiger partial charge >= 0.3 is 0 Å². The first kappa shape index (κ1) is 15.8. The van der Waals surface area contributed by atoms with Crippen molar-refractivity contribution in [2.24, 2.45) is 5.41 Å². The maximum absolute atomic E-state index is 4.00. The van der Waals surface area contributed by atoms with E-state index in [2.05, 4.69) is 24.1 Å². The van der Waals surface area contributed by atoms with Crippen molar-refractivity contribution in [2.75, 3.05) is 19.6 Å². The molecule has 0 spiro atoms. The van der Waals surface area contributed by atoms with Crippen molar-refractivity contribution in [3.05, 3.63) is 0 Å². The molecule has 3 aliphatic rings. The second-order valence-electron chi connectivity index (χ2n) is 8.82. The SMILES string of the molecule is CC1(C)CCC(NCC2(N3CCCCC3)CCCCC2)C1. The van der Waals surface area contributed by atoms with Gasteiger partial charge in [0.1, 0.15) is 0 Å². The lowest BCUT2D eigenvalue weighted by atomic mass is 9.79. The maximum atomic E-state index is 4.00. The summed E-state index contributed by atoms with van der Waals surface area (Å²) in [6, 6.07) is 0.781. The third-order valence-electron chi connectivity index (χ3n) is 6.50. The van der Waals surface area contributed by atoms with E-state index in [9.17, 15) is 0 Å². The molecule has 1 atom stereocenters. The average Bonchev–Trinajstić information content (AvgIpc) is 2.86. The Morgan fingerprint density at radius 2 is 1.57 bits per heavy atom. The summed E-state index contributed by atoms with van der Waals surface area (Å²) in [5.41, 5.74) is 1.08. The van der Waals surface area contributed by atoms with Gasteiger partial charge in [0.2, 0.25) is 0 Å². The van der Waals surface area contributed by atoms with E-state index in [-0.39, 0.29) is 0 Å². The standard InChI is InChI=1S/C19H36N2/c1-18(2)12-9-17(15-18)20-16-19(10-5-3-6-11-19)21-13-7-4-8-14-21/h17,20H,3-16H2,1-2H3. The fraction of sp³-hybridized carbons (Fsp3) is 1.00. The van der Waals surface area contributed by atoms with Gasteiger partial charge in [0.25, 0.3) is 0 Å². The van der Waals surface area contributed by atoms with Gasteiger partial charge in [-0.05, 0) is 63.5 Å². The summed E-state index contributed by atoms with van der Waals surface area (Å²) in [5, 5.41) is 4.00. The molecule has 0 amide bonds. The Morgan fingerprint density at radius 1 is 0.905 bits per heavy atom. The summed E-state index contributed by atoms with van der Waals surface area (Å²) in [5.74, 6) is 0. The number of nitrogens with one attached hydrogen (secondary N) is 1. The highest BCUT2D eigenvalue weighted by Crippen LogP contribution is 2.39. The molecule has 3 fully saturated rings. The van der Waals surface area contributed by atoms with E-state index >= 15 is 0 Å². The lowest BCUT2D eigenvalue weighted by Crippen LogP contribution is -2.58. The molecule has 1 heterocycles. The molecule has 2 aliphatic carbocycles. The van der Waals surface area contributed by atoms with E-state index < -0.39 is 0 Å². The van der Waals surface area contributed by atoms with E-state index in [1.54, 1.807) is 0 Å². The molecule has 0 aromatic carbocycles. The molecule has 0 radical (unpaired) electrons. The van der Waals surface area contributed by atoms with Crippen molar-refractivity contribution in [2.45, 2.75) is 96.1 Å². The lowest BCUT2D eigenvalue weighted by molar-refractivity contribution is 0.0313. The number of piperidine rings is 1. The smallest absolute Gasteiger partial charge is 0.0334 e. The molecule has 2 saturated carbocycles. The predicted molar refractivity (Wildman–Crippen MR) is 90.7 cm³/mol. The third-order valence-corrected chi connectivity index (χ3v) is 6.50. The van der Waals surface area contributed by atoms with E-state index in [1.807, 2.05) is 0 Å². The number of rotatable bonds is 4. The van der Waals surface area contributed by atoms with Crippen LogP contribution in [0.2, 0.25) is 0 Å². The fourth-order valence-electron chi connectivity index (χ4n) is 5.13. The molecule has 0 aromatic rings. The van der Waals surface area contributed by atoms with Gasteiger partial charge in [0.05, 0.1) is 0 Å². The molecule has 0 bridgehead atoms. The van der Waals surface area contributed by atoms with Crippen LogP contribution in [0.1, 0.15) is 84.5 Å². The Kier molecular flexibility index (Phi) is 4.95. The molecule has 1 unspecified atom stereocenters. The maximum Gasteiger partial charge on any atom is 0.0334 e. The van der Waals surface area contributed by atoms with Crippen molar-refractivity contribution in [3.63, 3.8) is 0 Å². The minimum atomic E-state index is 0.505. The Bertz CT molecular complexity index is 324. The van der Waals surface area contributed by atoms with E-state index in [1.165, 1.54) is 90.3 Å². The van der Waals surface area contributed by atoms with Gasteiger partial charge in [0.15, 0.2) is 0 Å². The first-order valence-electron chi connectivity index (χ1n) is 9.58. The average molecular weight is 293 g/mol. The number of hydrogen-bond acceptors (Lipinski definition) is 2. The summed E-state index contributed by atoms with van der Waals surface area (Å²) in [6.07, 6.45) is 15.7. The van der Waals surface area contributed by atoms with E-state index in [0.717, 1.165) is 6.04 Å². The monoisotopic (exact) mass is 292 g/mol. The lowest BCUT2D eigenvalue weighted by Gasteiger charge is -2.49. The quantitative estimate of drug-likeness (QED) is 0.829. The largest absolute Gasteiger partial charge is 0.312 e. The zero-order valence-corrected chi connectivity index (χ0v) is 14.4. The van der Waals surface area contributed by atoms with Crippen LogP contribution in [0.3, 0.4) is 0 Å². The molecule has 21 heavy (non-hydrogen) atoms. The first-order valence-corrected chi connectivity index (χ1v) is 9.58. The number of hydrogen-bond donors (Lipinski definition) is 1. The molecule has 122 valence electrons. The van der Waals surface area contributed by atoms with Gasteiger partial charge in [-0.15, -0.1) is 0 Å². The summed E-state index contributed by atoms with van der Waals surface area (Å²) in [6.45, 7) is 8.86. The molecule has 1 aliphatic heterocycles. The van der Waals surface area contributed by atoms with Crippen LogP contribution in [0.5, 0.6) is 0 Å². The fourth-order valence-corrected chi connectivity index (χ4v) is 5.13. The molecular weight excluding hydrogens is 256 g/mol. The minimum Gasteiger partial charge on any atom is -0.312 e. The van der Waals surface area contributed by atoms with Crippen LogP contribution in [0, 0.1) is 5.41 Å². The van der Waals surface area contributed by atoms with Gasteiger partial charge < -0.3 is 5.32 Å². The second kappa shape index (κ2) is 6.58. The molecule has 1 N–H and O–H groups in total. The second-order valence-corrected chi connectivity index (χ2v) is 8.82. The number of nitrogens with zero attached hydrogens (tertiary/aromatic N) is 1. The van der Waals surface area contributed by atoms with Crippen molar-refractivity contribution in [3.8, 4) is 0 Å². The summed E-state index contributed by atoms with van der Waals surface area (Å²) in [4.78, 5) is 2.88. The van der Waals surface area contributed by atoms with Crippen molar-refractivity contribution >= 4 is 0 Å². The van der Waals surface area contributed by atoms with Crippen LogP contribution in [0.25, 0.3) is 0 Å². The van der Waals surface area contributed by atoms with Crippen LogP contribution >= 0.6 is 0 Å². The summed E-state index contributed by atoms with van der Waals surface area (Å²) in [7, 11) is 0. The van der Waals surface area contributed by atoms with Crippen LogP contribution < -0.4 is 5.32 Å². The van der Waals surface area contributed by atoms with E-state index in [4.69, 9.17) is 0 Å².